The van der Waals surface area contributed by atoms with E-state index < -0.39 is 0 Å². The number of pyridine rings is 1. The monoisotopic (exact) mass is 578 g/mol. The van der Waals surface area contributed by atoms with Crippen LogP contribution in [0.2, 0.25) is 0 Å². The smallest absolute Gasteiger partial charge is 0.254 e. The van der Waals surface area contributed by atoms with Gasteiger partial charge in [-0.2, -0.15) is 5.10 Å². The Morgan fingerprint density at radius 3 is 2.53 bits per heavy atom. The predicted molar refractivity (Wildman–Crippen MR) is 166 cm³/mol. The van der Waals surface area contributed by atoms with Crippen molar-refractivity contribution in [3.63, 3.8) is 0 Å². The Kier molecular flexibility index (Phi) is 5.79. The molecule has 1 aliphatic heterocycles. The van der Waals surface area contributed by atoms with Crippen LogP contribution in [0.4, 0.5) is 0 Å². The first kappa shape index (κ1) is 26.4. The number of hydrogen-bond acceptors (Lipinski definition) is 6. The van der Waals surface area contributed by atoms with Crippen molar-refractivity contribution in [2.24, 2.45) is 31.7 Å². The molecular weight excluding hydrogens is 540 g/mol. The highest BCUT2D eigenvalue weighted by molar-refractivity contribution is 6.00. The van der Waals surface area contributed by atoms with Crippen molar-refractivity contribution >= 4 is 28.0 Å². The molecule has 222 valence electrons. The topological polar surface area (TPSA) is 109 Å². The van der Waals surface area contributed by atoms with Gasteiger partial charge >= 0.3 is 0 Å². The zero-order valence-electron chi connectivity index (χ0n) is 25.5. The number of ether oxygens (including phenoxy) is 1. The molecule has 3 atom stereocenters. The first-order valence-corrected chi connectivity index (χ1v) is 15.4. The van der Waals surface area contributed by atoms with Crippen LogP contribution in [0.25, 0.3) is 44.8 Å². The van der Waals surface area contributed by atoms with E-state index in [2.05, 4.69) is 39.4 Å². The van der Waals surface area contributed by atoms with Crippen molar-refractivity contribution in [3.8, 4) is 28.5 Å². The van der Waals surface area contributed by atoms with Gasteiger partial charge in [-0.15, -0.1) is 0 Å². The number of nitrogens with zero attached hydrogens (tertiary/aromatic N) is 7. The van der Waals surface area contributed by atoms with Crippen LogP contribution < -0.4 is 10.5 Å². The van der Waals surface area contributed by atoms with Gasteiger partial charge < -0.3 is 24.5 Å². The van der Waals surface area contributed by atoms with E-state index in [1.165, 1.54) is 12.8 Å². The van der Waals surface area contributed by atoms with Crippen LogP contribution in [0.15, 0.2) is 30.3 Å². The molecule has 4 aromatic heterocycles. The van der Waals surface area contributed by atoms with E-state index in [0.29, 0.717) is 23.1 Å². The molecule has 0 spiro atoms. The maximum absolute atomic E-state index is 13.7. The molecule has 10 heteroatoms. The van der Waals surface area contributed by atoms with Gasteiger partial charge in [-0.25, -0.2) is 9.97 Å². The van der Waals surface area contributed by atoms with Gasteiger partial charge in [-0.1, -0.05) is 0 Å². The molecule has 2 aliphatic carbocycles. The van der Waals surface area contributed by atoms with Gasteiger partial charge in [0.15, 0.2) is 5.82 Å². The van der Waals surface area contributed by atoms with Gasteiger partial charge in [0.05, 0.1) is 29.7 Å². The third kappa shape index (κ3) is 3.95. The fourth-order valence-electron chi connectivity index (χ4n) is 7.61. The summed E-state index contributed by atoms with van der Waals surface area (Å²) in [5.74, 6) is 2.51. The molecule has 0 radical (unpaired) electrons. The Morgan fingerprint density at radius 2 is 1.88 bits per heavy atom. The number of carbonyl (C=O) groups is 1. The quantitative estimate of drug-likeness (QED) is 0.316. The molecular formula is C33H38N8O2. The number of hydrogen-bond donors (Lipinski definition) is 1. The second-order valence-electron chi connectivity index (χ2n) is 12.8. The number of benzene rings is 1. The lowest BCUT2D eigenvalue weighted by Gasteiger charge is -2.27. The van der Waals surface area contributed by atoms with Gasteiger partial charge in [0.25, 0.3) is 5.91 Å². The van der Waals surface area contributed by atoms with Crippen LogP contribution in [0.1, 0.15) is 47.4 Å². The average molecular weight is 579 g/mol. The SMILES string of the molecule is COc1cc(C(=O)N2CC3CCC2C3N)cc2nc(-c3cc4ccc(-c5c(C)nn(C)c5C)nc4n3CC3CC3)n(C)c12. The summed E-state index contributed by atoms with van der Waals surface area (Å²) in [5.41, 5.74) is 14.7. The molecule has 43 heavy (non-hydrogen) atoms. The van der Waals surface area contributed by atoms with E-state index in [9.17, 15) is 4.79 Å². The second kappa shape index (κ2) is 9.41. The van der Waals surface area contributed by atoms with E-state index in [-0.39, 0.29) is 18.0 Å². The minimum absolute atomic E-state index is 0.00983. The Morgan fingerprint density at radius 1 is 1.07 bits per heavy atom. The number of fused-ring (bicyclic) bond motifs is 4. The molecule has 1 amide bonds. The average Bonchev–Trinajstić information content (AvgIpc) is 3.23. The number of aryl methyl sites for hydroxylation is 3. The minimum Gasteiger partial charge on any atom is -0.494 e. The highest BCUT2D eigenvalue weighted by Gasteiger charge is 2.47. The van der Waals surface area contributed by atoms with Crippen LogP contribution in [0.5, 0.6) is 5.75 Å². The summed E-state index contributed by atoms with van der Waals surface area (Å²) in [6, 6.07) is 10.4. The van der Waals surface area contributed by atoms with Crippen molar-refractivity contribution in [1.82, 2.24) is 33.8 Å². The highest BCUT2D eigenvalue weighted by Crippen LogP contribution is 2.40. The fourth-order valence-corrected chi connectivity index (χ4v) is 7.61. The zero-order chi connectivity index (χ0) is 29.7. The molecule has 2 N–H and O–H groups in total. The molecule has 1 saturated heterocycles. The summed E-state index contributed by atoms with van der Waals surface area (Å²) in [4.78, 5) is 26.0. The third-order valence-electron chi connectivity index (χ3n) is 10.2. The predicted octanol–water partition coefficient (Wildman–Crippen LogP) is 4.59. The van der Waals surface area contributed by atoms with Crippen LogP contribution in [-0.4, -0.2) is 65.4 Å². The molecule has 3 unspecified atom stereocenters. The largest absolute Gasteiger partial charge is 0.494 e. The Bertz CT molecular complexity index is 1940. The summed E-state index contributed by atoms with van der Waals surface area (Å²) in [6.07, 6.45) is 4.53. The maximum Gasteiger partial charge on any atom is 0.254 e. The van der Waals surface area contributed by atoms with E-state index in [1.54, 1.807) is 7.11 Å². The molecule has 3 aliphatic rings. The highest BCUT2D eigenvalue weighted by atomic mass is 16.5. The van der Waals surface area contributed by atoms with Gasteiger partial charge in [0.2, 0.25) is 0 Å². The number of nitrogens with two attached hydrogens (primary N) is 1. The lowest BCUT2D eigenvalue weighted by molar-refractivity contribution is 0.0700. The first-order chi connectivity index (χ1) is 20.7. The Labute approximate surface area is 250 Å². The van der Waals surface area contributed by atoms with Crippen molar-refractivity contribution in [2.45, 2.75) is 58.2 Å². The zero-order valence-corrected chi connectivity index (χ0v) is 25.5. The molecule has 2 saturated carbocycles. The van der Waals surface area contributed by atoms with Crippen molar-refractivity contribution in [3.05, 3.63) is 47.3 Å². The first-order valence-electron chi connectivity index (χ1n) is 15.4. The van der Waals surface area contributed by atoms with Crippen LogP contribution >= 0.6 is 0 Å². The molecule has 10 nitrogen and oxygen atoms in total. The number of imidazole rings is 1. The molecule has 5 aromatic rings. The van der Waals surface area contributed by atoms with Crippen LogP contribution in [-0.2, 0) is 20.6 Å². The summed E-state index contributed by atoms with van der Waals surface area (Å²) in [5, 5.41) is 5.70. The fraction of sp³-hybridized carbons (Fsp3) is 0.455. The van der Waals surface area contributed by atoms with Crippen molar-refractivity contribution in [2.75, 3.05) is 13.7 Å². The number of likely N-dealkylation sites (tertiary alicyclic amines) is 1. The molecule has 8 rings (SSSR count). The second-order valence-corrected chi connectivity index (χ2v) is 12.8. The molecule has 2 bridgehead atoms. The number of aromatic nitrogens is 6. The van der Waals surface area contributed by atoms with Gasteiger partial charge in [0.1, 0.15) is 16.9 Å². The van der Waals surface area contributed by atoms with Gasteiger partial charge in [-0.3, -0.25) is 9.48 Å². The summed E-state index contributed by atoms with van der Waals surface area (Å²) in [7, 11) is 5.65. The summed E-state index contributed by atoms with van der Waals surface area (Å²) in [6.45, 7) is 5.75. The Hall–Kier alpha value is -4.18. The van der Waals surface area contributed by atoms with Gasteiger partial charge in [0, 0.05) is 61.5 Å². The maximum atomic E-state index is 13.7. The van der Waals surface area contributed by atoms with Gasteiger partial charge in [-0.05, 0) is 81.7 Å². The molecule has 1 aromatic carbocycles. The summed E-state index contributed by atoms with van der Waals surface area (Å²) < 4.78 is 12.2. The van der Waals surface area contributed by atoms with E-state index in [4.69, 9.17) is 20.4 Å². The third-order valence-corrected chi connectivity index (χ3v) is 10.2. The lowest BCUT2D eigenvalue weighted by Crippen LogP contribution is -2.41. The normalized spacial score (nSPS) is 21.5. The number of rotatable bonds is 6. The van der Waals surface area contributed by atoms with Crippen molar-refractivity contribution in [1.29, 1.82) is 0 Å². The standard InChI is InChI=1S/C33H38N8O2/c1-17-28(18(2)39(4)37-17)23-10-8-20-13-26(40(31(20)35-23)15-19-6-7-19)32-36-24-12-22(14-27(43-5)30(24)38(32)3)33(42)41-16-21-9-11-25(41)29(21)34/h8,10,12-14,19,21,25,29H,6-7,9,11,15-16,34H2,1-5H3. The van der Waals surface area contributed by atoms with Crippen molar-refractivity contribution < 1.29 is 9.53 Å². The van der Waals surface area contributed by atoms with Crippen LogP contribution in [0.3, 0.4) is 0 Å². The molecule has 5 heterocycles. The summed E-state index contributed by atoms with van der Waals surface area (Å²) >= 11 is 0. The lowest BCUT2D eigenvalue weighted by atomic mass is 10.1. The molecule has 3 fully saturated rings. The number of piperidine rings is 1. The minimum atomic E-state index is 0.00983. The number of amides is 1. The van der Waals surface area contributed by atoms with E-state index in [0.717, 1.165) is 82.2 Å². The Balaban J connectivity index is 1.25. The number of carbonyl (C=O) groups excluding carboxylic acids is 1. The van der Waals surface area contributed by atoms with Crippen LogP contribution in [0, 0.1) is 25.7 Å². The number of methoxy groups -OCH3 is 1. The van der Waals surface area contributed by atoms with E-state index >= 15 is 0 Å². The van der Waals surface area contributed by atoms with E-state index in [1.807, 2.05) is 42.7 Å².